The number of hydrogen-bond acceptors (Lipinski definition) is 4. The Morgan fingerprint density at radius 3 is 2.48 bits per heavy atom. The second-order valence-electron chi connectivity index (χ2n) is 6.85. The Bertz CT molecular complexity index is 1130. The highest BCUT2D eigenvalue weighted by molar-refractivity contribution is 5.94. The fourth-order valence-electron chi connectivity index (χ4n) is 3.26. The van der Waals surface area contributed by atoms with Crippen LogP contribution >= 0.6 is 0 Å². The van der Waals surface area contributed by atoms with Crippen molar-refractivity contribution < 1.29 is 9.53 Å². The Morgan fingerprint density at radius 1 is 1.03 bits per heavy atom. The molecule has 1 aromatic heterocycles. The highest BCUT2D eigenvalue weighted by Crippen LogP contribution is 2.23. The van der Waals surface area contributed by atoms with Gasteiger partial charge >= 0.3 is 0 Å². The molecule has 29 heavy (non-hydrogen) atoms. The first-order valence-corrected chi connectivity index (χ1v) is 9.68. The number of Topliss-reactive ketones (excluding diaryl/α,β-unsaturated/α-hetero) is 1. The van der Waals surface area contributed by atoms with Gasteiger partial charge in [-0.3, -0.25) is 9.36 Å². The topological polar surface area (TPSA) is 56.1 Å². The zero-order valence-electron chi connectivity index (χ0n) is 16.6. The molecule has 0 saturated carbocycles. The van der Waals surface area contributed by atoms with Gasteiger partial charge in [-0.25, -0.2) is 4.98 Å². The molecule has 1 heterocycles. The van der Waals surface area contributed by atoms with Crippen LogP contribution in [0.2, 0.25) is 0 Å². The van der Waals surface area contributed by atoms with Crippen molar-refractivity contribution in [3.05, 3.63) is 84.2 Å². The van der Waals surface area contributed by atoms with Crippen molar-refractivity contribution in [3.63, 3.8) is 0 Å². The third-order valence-corrected chi connectivity index (χ3v) is 4.83. The molecular weight excluding hydrogens is 362 g/mol. The van der Waals surface area contributed by atoms with Crippen molar-refractivity contribution in [1.29, 1.82) is 0 Å². The van der Waals surface area contributed by atoms with E-state index in [1.54, 1.807) is 6.92 Å². The number of anilines is 1. The molecule has 0 aliphatic rings. The number of rotatable bonds is 7. The summed E-state index contributed by atoms with van der Waals surface area (Å²) >= 11 is 0. The number of aromatic nitrogens is 2. The SMILES string of the molecule is CCOc1ccc(-n2cnc3cc(NCc4ccc(C(C)=O)cc4)ccc32)cc1. The van der Waals surface area contributed by atoms with E-state index >= 15 is 0 Å². The van der Waals surface area contributed by atoms with Gasteiger partial charge in [-0.2, -0.15) is 0 Å². The molecule has 1 N–H and O–H groups in total. The molecule has 3 aromatic carbocycles. The maximum Gasteiger partial charge on any atom is 0.159 e. The minimum absolute atomic E-state index is 0.0816. The second-order valence-corrected chi connectivity index (χ2v) is 6.85. The van der Waals surface area contributed by atoms with Crippen molar-refractivity contribution >= 4 is 22.5 Å². The maximum atomic E-state index is 11.4. The zero-order valence-corrected chi connectivity index (χ0v) is 16.6. The van der Waals surface area contributed by atoms with Crippen LogP contribution in [-0.2, 0) is 6.54 Å². The zero-order chi connectivity index (χ0) is 20.2. The molecule has 0 unspecified atom stereocenters. The lowest BCUT2D eigenvalue weighted by Crippen LogP contribution is -2.00. The number of ketones is 1. The van der Waals surface area contributed by atoms with Gasteiger partial charge in [0.05, 0.1) is 17.6 Å². The standard InChI is InChI=1S/C24H23N3O2/c1-3-29-22-11-9-21(10-12-22)27-16-26-23-14-20(8-13-24(23)27)25-15-18-4-6-19(7-5-18)17(2)28/h4-14,16,25H,3,15H2,1-2H3. The average molecular weight is 385 g/mol. The third kappa shape index (κ3) is 4.14. The molecule has 0 saturated heterocycles. The Hall–Kier alpha value is -3.60. The summed E-state index contributed by atoms with van der Waals surface area (Å²) in [7, 11) is 0. The van der Waals surface area contributed by atoms with Gasteiger partial charge in [0.1, 0.15) is 12.1 Å². The van der Waals surface area contributed by atoms with E-state index in [4.69, 9.17) is 4.74 Å². The fourth-order valence-corrected chi connectivity index (χ4v) is 3.26. The van der Waals surface area contributed by atoms with Crippen LogP contribution in [-0.4, -0.2) is 21.9 Å². The van der Waals surface area contributed by atoms with Gasteiger partial charge < -0.3 is 10.1 Å². The van der Waals surface area contributed by atoms with E-state index in [0.717, 1.165) is 39.3 Å². The number of benzene rings is 3. The minimum Gasteiger partial charge on any atom is -0.494 e. The van der Waals surface area contributed by atoms with Gasteiger partial charge in [-0.1, -0.05) is 24.3 Å². The number of ether oxygens (including phenoxy) is 1. The molecule has 0 aliphatic heterocycles. The van der Waals surface area contributed by atoms with Crippen molar-refractivity contribution in [1.82, 2.24) is 9.55 Å². The summed E-state index contributed by atoms with van der Waals surface area (Å²) in [4.78, 5) is 15.9. The van der Waals surface area contributed by atoms with E-state index in [9.17, 15) is 4.79 Å². The van der Waals surface area contributed by atoms with Gasteiger partial charge in [0, 0.05) is 23.5 Å². The number of carbonyl (C=O) groups excluding carboxylic acids is 1. The summed E-state index contributed by atoms with van der Waals surface area (Å²) in [5, 5.41) is 3.42. The molecule has 4 aromatic rings. The minimum atomic E-state index is 0.0816. The number of hydrogen-bond donors (Lipinski definition) is 1. The van der Waals surface area contributed by atoms with Gasteiger partial charge in [-0.15, -0.1) is 0 Å². The predicted molar refractivity (Wildman–Crippen MR) is 116 cm³/mol. The van der Waals surface area contributed by atoms with Crippen molar-refractivity contribution in [2.75, 3.05) is 11.9 Å². The maximum absolute atomic E-state index is 11.4. The van der Waals surface area contributed by atoms with Crippen LogP contribution in [0.1, 0.15) is 29.8 Å². The Morgan fingerprint density at radius 2 is 1.79 bits per heavy atom. The smallest absolute Gasteiger partial charge is 0.159 e. The number of imidazole rings is 1. The number of fused-ring (bicyclic) bond motifs is 1. The average Bonchev–Trinajstić information content (AvgIpc) is 3.16. The molecule has 0 spiro atoms. The first kappa shape index (κ1) is 18.7. The quantitative estimate of drug-likeness (QED) is 0.442. The van der Waals surface area contributed by atoms with E-state index in [0.29, 0.717) is 13.2 Å². The molecule has 0 atom stereocenters. The first-order valence-electron chi connectivity index (χ1n) is 9.68. The van der Waals surface area contributed by atoms with Gasteiger partial charge in [0.2, 0.25) is 0 Å². The normalized spacial score (nSPS) is 10.8. The van der Waals surface area contributed by atoms with E-state index in [-0.39, 0.29) is 5.78 Å². The first-order chi connectivity index (χ1) is 14.1. The van der Waals surface area contributed by atoms with Crippen LogP contribution in [0, 0.1) is 0 Å². The van der Waals surface area contributed by atoms with E-state index in [1.807, 2.05) is 67.8 Å². The highest BCUT2D eigenvalue weighted by atomic mass is 16.5. The Balaban J connectivity index is 1.49. The van der Waals surface area contributed by atoms with Gasteiger partial charge in [0.25, 0.3) is 0 Å². The van der Waals surface area contributed by atoms with Gasteiger partial charge in [-0.05, 0) is 61.9 Å². The summed E-state index contributed by atoms with van der Waals surface area (Å²) in [6.07, 6.45) is 1.84. The van der Waals surface area contributed by atoms with Crippen LogP contribution in [0.15, 0.2) is 73.1 Å². The summed E-state index contributed by atoms with van der Waals surface area (Å²) in [5.74, 6) is 0.946. The van der Waals surface area contributed by atoms with E-state index < -0.39 is 0 Å². The second kappa shape index (κ2) is 8.19. The van der Waals surface area contributed by atoms with Crippen molar-refractivity contribution in [2.45, 2.75) is 20.4 Å². The van der Waals surface area contributed by atoms with Crippen LogP contribution in [0.4, 0.5) is 5.69 Å². The van der Waals surface area contributed by atoms with E-state index in [2.05, 4.69) is 27.0 Å². The van der Waals surface area contributed by atoms with Crippen molar-refractivity contribution in [3.8, 4) is 11.4 Å². The molecule has 5 nitrogen and oxygen atoms in total. The lowest BCUT2D eigenvalue weighted by molar-refractivity contribution is 0.101. The van der Waals surface area contributed by atoms with Crippen molar-refractivity contribution in [2.24, 2.45) is 0 Å². The largest absolute Gasteiger partial charge is 0.494 e. The molecule has 0 aliphatic carbocycles. The Kier molecular flexibility index (Phi) is 5.29. The predicted octanol–water partition coefficient (Wildman–Crippen LogP) is 5.24. The molecular formula is C24H23N3O2. The number of carbonyl (C=O) groups is 1. The Labute approximate surface area is 170 Å². The monoisotopic (exact) mass is 385 g/mol. The molecule has 0 amide bonds. The number of nitrogens with zero attached hydrogens (tertiary/aromatic N) is 2. The van der Waals surface area contributed by atoms with E-state index in [1.165, 1.54) is 0 Å². The molecule has 4 rings (SSSR count). The third-order valence-electron chi connectivity index (χ3n) is 4.83. The summed E-state index contributed by atoms with van der Waals surface area (Å²) in [6.45, 7) is 4.90. The lowest BCUT2D eigenvalue weighted by Gasteiger charge is -2.09. The van der Waals surface area contributed by atoms with Crippen LogP contribution < -0.4 is 10.1 Å². The fraction of sp³-hybridized carbons (Fsp3) is 0.167. The van der Waals surface area contributed by atoms with Crippen LogP contribution in [0.25, 0.3) is 16.7 Å². The molecule has 0 fully saturated rings. The molecule has 0 radical (unpaired) electrons. The lowest BCUT2D eigenvalue weighted by atomic mass is 10.1. The number of nitrogens with one attached hydrogen (secondary N) is 1. The molecule has 5 heteroatoms. The molecule has 0 bridgehead atoms. The van der Waals surface area contributed by atoms with Gasteiger partial charge in [0.15, 0.2) is 5.78 Å². The molecule has 146 valence electrons. The van der Waals surface area contributed by atoms with Crippen LogP contribution in [0.5, 0.6) is 5.75 Å². The van der Waals surface area contributed by atoms with Crippen LogP contribution in [0.3, 0.4) is 0 Å². The summed E-state index contributed by atoms with van der Waals surface area (Å²) in [5.41, 5.74) is 5.87. The highest BCUT2D eigenvalue weighted by Gasteiger charge is 2.06. The summed E-state index contributed by atoms with van der Waals surface area (Å²) in [6, 6.07) is 21.8. The summed E-state index contributed by atoms with van der Waals surface area (Å²) < 4.78 is 7.58.